The molecular weight excluding hydrogens is 1040 g/mol. The van der Waals surface area contributed by atoms with E-state index >= 15 is 0 Å². The van der Waals surface area contributed by atoms with Gasteiger partial charge in [-0.25, -0.2) is 0 Å². The summed E-state index contributed by atoms with van der Waals surface area (Å²) < 4.78 is 34.2. The zero-order valence-corrected chi connectivity index (χ0v) is 43.3. The van der Waals surface area contributed by atoms with Crippen LogP contribution >= 0.6 is 0 Å². The predicted octanol–water partition coefficient (Wildman–Crippen LogP) is 0.263. The van der Waals surface area contributed by atoms with Crippen LogP contribution in [0.1, 0.15) is 138 Å². The molecule has 0 amide bonds. The number of carbonyl (C=O) groups excluding carboxylic acids is 6. The van der Waals surface area contributed by atoms with E-state index < -0.39 is 191 Å². The van der Waals surface area contributed by atoms with Gasteiger partial charge in [0.1, 0.15) is 58.9 Å². The number of ketones is 6. The Balaban J connectivity index is 0.000000192. The first kappa shape index (κ1) is 56.9. The van der Waals surface area contributed by atoms with Crippen LogP contribution in [-0.2, 0) is 41.4 Å². The highest BCUT2D eigenvalue weighted by Gasteiger charge is 2.53. The maximum atomic E-state index is 13.7. The van der Waals surface area contributed by atoms with Crippen molar-refractivity contribution >= 4 is 34.7 Å². The second-order valence-corrected chi connectivity index (χ2v) is 20.6. The first-order chi connectivity index (χ1) is 37.4. The van der Waals surface area contributed by atoms with E-state index in [9.17, 15) is 79.8 Å². The molecule has 12 atom stereocenters. The molecule has 0 bridgehead atoms. The lowest BCUT2D eigenvalue weighted by molar-refractivity contribution is -0.249. The minimum absolute atomic E-state index is 0.0173. The summed E-state index contributed by atoms with van der Waals surface area (Å²) in [7, 11) is 4.31. The molecule has 2 saturated heterocycles. The van der Waals surface area contributed by atoms with Gasteiger partial charge in [0, 0.05) is 84.0 Å². The molecule has 24 nitrogen and oxygen atoms in total. The van der Waals surface area contributed by atoms with Gasteiger partial charge in [0.2, 0.25) is 11.6 Å². The van der Waals surface area contributed by atoms with E-state index in [0.29, 0.717) is 0 Å². The third kappa shape index (κ3) is 9.33. The van der Waals surface area contributed by atoms with Gasteiger partial charge in [-0.2, -0.15) is 0 Å². The van der Waals surface area contributed by atoms with Crippen molar-refractivity contribution in [1.82, 2.24) is 5.32 Å². The number of aliphatic hydroxyl groups excluding tert-OH is 4. The molecule has 4 aromatic carbocycles. The van der Waals surface area contributed by atoms with Gasteiger partial charge in [-0.1, -0.05) is 24.3 Å². The van der Waals surface area contributed by atoms with Gasteiger partial charge in [-0.15, -0.1) is 0 Å². The summed E-state index contributed by atoms with van der Waals surface area (Å²) in [5, 5.41) is 111. The molecule has 4 aromatic rings. The number of rotatable bonds is 11. The third-order valence-corrected chi connectivity index (χ3v) is 15.9. The lowest BCUT2D eigenvalue weighted by atomic mass is 9.72. The Morgan fingerprint density at radius 2 is 1.01 bits per heavy atom. The second kappa shape index (κ2) is 21.4. The van der Waals surface area contributed by atoms with Crippen molar-refractivity contribution in [2.24, 2.45) is 5.73 Å². The molecule has 0 radical (unpaired) electrons. The van der Waals surface area contributed by atoms with E-state index in [2.05, 4.69) is 5.32 Å². The molecule has 2 fully saturated rings. The van der Waals surface area contributed by atoms with Crippen LogP contribution in [-0.4, -0.2) is 181 Å². The van der Waals surface area contributed by atoms with E-state index in [-0.39, 0.29) is 68.8 Å². The quantitative estimate of drug-likeness (QED) is 0.0774. The molecule has 79 heavy (non-hydrogen) atoms. The molecule has 2 aliphatic heterocycles. The van der Waals surface area contributed by atoms with Crippen molar-refractivity contribution in [3.05, 3.63) is 103 Å². The molecule has 0 spiro atoms. The van der Waals surface area contributed by atoms with E-state index in [1.807, 2.05) is 0 Å². The van der Waals surface area contributed by atoms with Crippen LogP contribution in [0.4, 0.5) is 0 Å². The smallest absolute Gasteiger partial charge is 0.202 e. The van der Waals surface area contributed by atoms with Crippen LogP contribution in [0, 0.1) is 0 Å². The number of Topliss-reactive ketones (excluding diaryl/α,β-unsaturated/α-hetero) is 2. The van der Waals surface area contributed by atoms with Crippen molar-refractivity contribution in [3.8, 4) is 34.5 Å². The number of ether oxygens (including phenoxy) is 6. The number of nitrogens with two attached hydrogens (primary N) is 1. The van der Waals surface area contributed by atoms with E-state index in [4.69, 9.17) is 34.2 Å². The fourth-order valence-electron chi connectivity index (χ4n) is 11.8. The number of fused-ring (bicyclic) bond motifs is 6. The summed E-state index contributed by atoms with van der Waals surface area (Å²) in [6, 6.07) is 7.60. The highest BCUT2D eigenvalue weighted by molar-refractivity contribution is 6.32. The third-order valence-electron chi connectivity index (χ3n) is 15.9. The van der Waals surface area contributed by atoms with Gasteiger partial charge in [0.15, 0.2) is 35.7 Å². The highest BCUT2D eigenvalue weighted by atomic mass is 16.7. The number of carbonyl (C=O) groups is 6. The molecular formula is C55H60N2O22. The van der Waals surface area contributed by atoms with Gasteiger partial charge >= 0.3 is 0 Å². The van der Waals surface area contributed by atoms with Crippen molar-refractivity contribution in [3.63, 3.8) is 0 Å². The van der Waals surface area contributed by atoms with Gasteiger partial charge in [-0.05, 0) is 33.0 Å². The number of nitrogens with one attached hydrogen (secondary N) is 1. The minimum Gasteiger partial charge on any atom is -0.507 e. The first-order valence-corrected chi connectivity index (χ1v) is 25.3. The zero-order valence-electron chi connectivity index (χ0n) is 43.3. The molecule has 8 unspecified atom stereocenters. The molecule has 6 aliphatic rings. The van der Waals surface area contributed by atoms with Crippen molar-refractivity contribution in [2.75, 3.05) is 34.5 Å². The number of aromatic hydroxyl groups is 4. The SMILES string of the molecule is CNC1CC(O[C@H]2C[C@](O)(C(=O)CO)Cc3c(O)c4c(c(O)c32)C(=O)c2c(OC)cccc2C4=O)OC(C)C1O.COc1cccc2c1C(=O)c1c(O)c3c(c(O)c1C2=O)C[C@@](O)(C(=O)CO)C[C@@H]3OC1CC(N)C(O)C(C)O1. The number of hydrogen-bond donors (Lipinski definition) is 12. The molecule has 422 valence electrons. The van der Waals surface area contributed by atoms with Crippen LogP contribution in [0.25, 0.3) is 0 Å². The van der Waals surface area contributed by atoms with E-state index in [0.717, 1.165) is 0 Å². The Labute approximate surface area is 449 Å². The first-order valence-electron chi connectivity index (χ1n) is 25.3. The molecule has 2 heterocycles. The predicted molar refractivity (Wildman–Crippen MR) is 268 cm³/mol. The zero-order chi connectivity index (χ0) is 57.5. The molecule has 0 saturated carbocycles. The average Bonchev–Trinajstić information content (AvgIpc) is 3.61. The molecule has 0 aromatic heterocycles. The number of hydrogen-bond acceptors (Lipinski definition) is 24. The summed E-state index contributed by atoms with van der Waals surface area (Å²) in [5.41, 5.74) is -1.15. The number of benzene rings is 4. The van der Waals surface area contributed by atoms with Gasteiger partial charge in [0.25, 0.3) is 0 Å². The Hall–Kier alpha value is -6.78. The maximum Gasteiger partial charge on any atom is 0.202 e. The summed E-state index contributed by atoms with van der Waals surface area (Å²) in [4.78, 5) is 79.6. The number of phenols is 4. The average molecular weight is 1100 g/mol. The summed E-state index contributed by atoms with van der Waals surface area (Å²) in [5.74, 6) is -7.47. The van der Waals surface area contributed by atoms with Gasteiger partial charge < -0.3 is 90.5 Å². The second-order valence-electron chi connectivity index (χ2n) is 20.6. The van der Waals surface area contributed by atoms with Crippen molar-refractivity contribution in [2.45, 2.75) is 125 Å². The number of likely N-dealkylation sites (N-methyl/N-ethyl adjacent to an activating group) is 1. The summed E-state index contributed by atoms with van der Waals surface area (Å²) in [6.45, 7) is 1.19. The lowest BCUT2D eigenvalue weighted by Gasteiger charge is -2.42. The van der Waals surface area contributed by atoms with Crippen molar-refractivity contribution in [1.29, 1.82) is 0 Å². The fraction of sp³-hybridized carbons (Fsp3) is 0.455. The van der Waals surface area contributed by atoms with Gasteiger partial charge in [0.05, 0.1) is 84.2 Å². The molecule has 24 heteroatoms. The Morgan fingerprint density at radius 1 is 0.620 bits per heavy atom. The lowest BCUT2D eigenvalue weighted by Crippen LogP contribution is -2.53. The number of aliphatic hydroxyl groups is 6. The summed E-state index contributed by atoms with van der Waals surface area (Å²) >= 11 is 0. The fourth-order valence-corrected chi connectivity index (χ4v) is 11.8. The maximum absolute atomic E-state index is 13.7. The van der Waals surface area contributed by atoms with E-state index in [1.54, 1.807) is 20.9 Å². The molecule has 13 N–H and O–H groups in total. The Bertz CT molecular complexity index is 3200. The topological polar surface area (TPSA) is 398 Å². The normalized spacial score (nSPS) is 29.6. The van der Waals surface area contributed by atoms with Crippen LogP contribution in [0.2, 0.25) is 0 Å². The Morgan fingerprint density at radius 3 is 1.39 bits per heavy atom. The van der Waals surface area contributed by atoms with Crippen LogP contribution in [0.15, 0.2) is 36.4 Å². The van der Waals surface area contributed by atoms with Crippen LogP contribution in [0.5, 0.6) is 34.5 Å². The number of methoxy groups -OCH3 is 2. The highest BCUT2D eigenvalue weighted by Crippen LogP contribution is 2.55. The minimum atomic E-state index is -2.24. The van der Waals surface area contributed by atoms with E-state index in [1.165, 1.54) is 50.6 Å². The van der Waals surface area contributed by atoms with Crippen molar-refractivity contribution < 1.29 is 108 Å². The summed E-state index contributed by atoms with van der Waals surface area (Å²) in [6.07, 6.45) is -9.79. The Kier molecular flexibility index (Phi) is 15.4. The van der Waals surface area contributed by atoms with Gasteiger partial charge in [-0.3, -0.25) is 28.8 Å². The van der Waals surface area contributed by atoms with Crippen LogP contribution in [0.3, 0.4) is 0 Å². The largest absolute Gasteiger partial charge is 0.507 e. The standard InChI is InChI=1S/C28H31NO11.C27H29NO11/c1-11-23(32)14(29-2)7-18(39-11)40-16-9-28(37,17(31)10-30)8-13-20(16)27(36)22-21(25(13)34)24(33)12-5-4-6-15(38-3)19(12)26(22)35;1-10-22(31)13(28)6-17(38-10)39-15-8-27(36,16(30)9-29)7-12-19(15)26(35)21-20(24(12)33)23(32)11-4-3-5-14(37-2)18(11)25(21)34/h4-6,11,14,16,18,23,29-30,32,34,36-37H,7-10H2,1-3H3;3-5,10,13,15,17,22,29,31,33,35-36H,6-9,28H2,1-2H3/t11?,14?,16-,18?,23?,28-;10?,13?,15-,17?,22?,27-/m00/s1. The van der Waals surface area contributed by atoms with Crippen LogP contribution < -0.4 is 20.5 Å². The number of phenolic OH excluding ortho intramolecular Hbond substituents is 4. The monoisotopic (exact) mass is 1100 g/mol. The molecule has 4 aliphatic carbocycles. The molecule has 10 rings (SSSR count).